The maximum Gasteiger partial charge on any atom is 0.168 e. The number of fused-ring (bicyclic) bond motifs is 1. The Labute approximate surface area is 194 Å². The Morgan fingerprint density at radius 3 is 2.47 bits per heavy atom. The molecule has 32 heavy (non-hydrogen) atoms. The molecule has 2 aromatic heterocycles. The minimum absolute atomic E-state index is 0.328. The van der Waals surface area contributed by atoms with Gasteiger partial charge in [-0.25, -0.2) is 14.4 Å². The molecule has 0 spiro atoms. The number of ether oxygens (including phenoxy) is 1. The Balaban J connectivity index is 1.49. The zero-order chi connectivity index (χ0) is 22.1. The van der Waals surface area contributed by atoms with Crippen LogP contribution in [0.15, 0.2) is 54.9 Å². The topological polar surface area (TPSA) is 46.4 Å². The Hall–Kier alpha value is -3.04. The van der Waals surface area contributed by atoms with Crippen molar-refractivity contribution in [1.29, 1.82) is 0 Å². The van der Waals surface area contributed by atoms with Gasteiger partial charge in [-0.15, -0.1) is 0 Å². The normalized spacial score (nSPS) is 14.6. The van der Waals surface area contributed by atoms with Crippen molar-refractivity contribution < 1.29 is 9.13 Å². The molecule has 0 atom stereocenters. The van der Waals surface area contributed by atoms with Crippen molar-refractivity contribution in [3.8, 4) is 11.4 Å². The lowest BCUT2D eigenvalue weighted by Crippen LogP contribution is -2.31. The second-order valence-electron chi connectivity index (χ2n) is 7.50. The molecule has 0 aliphatic carbocycles. The second-order valence-corrected chi connectivity index (χ2v) is 9.15. The lowest BCUT2D eigenvalue weighted by Gasteiger charge is -2.25. The third-order valence-electron chi connectivity index (χ3n) is 5.66. The lowest BCUT2D eigenvalue weighted by atomic mass is 10.2. The average Bonchev–Trinajstić information content (AvgIpc) is 2.98. The number of anilines is 2. The van der Waals surface area contributed by atoms with Crippen LogP contribution in [0.3, 0.4) is 0 Å². The lowest BCUT2D eigenvalue weighted by molar-refractivity contribution is 0.414. The van der Waals surface area contributed by atoms with Crippen LogP contribution in [0.1, 0.15) is 6.42 Å². The molecule has 1 aliphatic heterocycles. The van der Waals surface area contributed by atoms with Crippen LogP contribution in [0.5, 0.6) is 5.75 Å². The Kier molecular flexibility index (Phi) is 5.75. The first kappa shape index (κ1) is 20.8. The summed E-state index contributed by atoms with van der Waals surface area (Å²) in [7, 11) is 1.70. The van der Waals surface area contributed by atoms with Gasteiger partial charge in [0.15, 0.2) is 15.4 Å². The minimum atomic E-state index is -0.328. The van der Waals surface area contributed by atoms with Gasteiger partial charge >= 0.3 is 0 Å². The van der Waals surface area contributed by atoms with Gasteiger partial charge < -0.3 is 14.5 Å². The van der Waals surface area contributed by atoms with E-state index in [4.69, 9.17) is 17.0 Å². The second kappa shape index (κ2) is 8.84. The summed E-state index contributed by atoms with van der Waals surface area (Å²) >= 11 is 7.02. The van der Waals surface area contributed by atoms with Crippen molar-refractivity contribution >= 4 is 45.4 Å². The number of hydrogen-bond acceptors (Lipinski definition) is 7. The predicted molar refractivity (Wildman–Crippen MR) is 130 cm³/mol. The van der Waals surface area contributed by atoms with Crippen LogP contribution >= 0.6 is 23.6 Å². The first-order valence-electron chi connectivity index (χ1n) is 10.4. The number of hydrogen-bond donors (Lipinski definition) is 0. The van der Waals surface area contributed by atoms with Crippen LogP contribution in [0, 0.1) is 9.77 Å². The van der Waals surface area contributed by atoms with Gasteiger partial charge in [0, 0.05) is 26.2 Å². The van der Waals surface area contributed by atoms with Crippen LogP contribution in [0.2, 0.25) is 0 Å². The number of para-hydroxylation sites is 3. The maximum atomic E-state index is 14.5. The molecule has 2 aromatic carbocycles. The first-order valence-corrected chi connectivity index (χ1v) is 11.6. The molecule has 1 fully saturated rings. The van der Waals surface area contributed by atoms with Crippen LogP contribution < -0.4 is 14.5 Å². The summed E-state index contributed by atoms with van der Waals surface area (Å²) in [6, 6.07) is 14.7. The quantitative estimate of drug-likeness (QED) is 0.390. The molecule has 6 nitrogen and oxygen atoms in total. The molecule has 9 heteroatoms. The third kappa shape index (κ3) is 3.71. The summed E-state index contributed by atoms with van der Waals surface area (Å²) in [5, 5.41) is 0. The average molecular weight is 468 g/mol. The standard InChI is InChI=1S/C23H22FN5OS2/c1-30-19-10-5-4-9-18(19)27-11-6-12-28(14-13-27)21-20-22(26-15-25-21)29(23(31)32-20)17-8-3-2-7-16(17)24/h2-5,7-10,15H,6,11-14H2,1H3. The van der Waals surface area contributed by atoms with Crippen molar-refractivity contribution in [3.05, 3.63) is 64.6 Å². The number of benzene rings is 2. The summed E-state index contributed by atoms with van der Waals surface area (Å²) in [5.41, 5.74) is 2.15. The van der Waals surface area contributed by atoms with Crippen LogP contribution in [0.4, 0.5) is 15.9 Å². The third-order valence-corrected chi connectivity index (χ3v) is 7.02. The Morgan fingerprint density at radius 1 is 0.938 bits per heavy atom. The highest BCUT2D eigenvalue weighted by molar-refractivity contribution is 7.73. The van der Waals surface area contributed by atoms with Crippen molar-refractivity contribution in [2.75, 3.05) is 43.1 Å². The fourth-order valence-corrected chi connectivity index (χ4v) is 5.55. The molecule has 1 aliphatic rings. The predicted octanol–water partition coefficient (Wildman–Crippen LogP) is 5.08. The van der Waals surface area contributed by atoms with Gasteiger partial charge in [-0.2, -0.15) is 0 Å². The van der Waals surface area contributed by atoms with Crippen LogP contribution in [0.25, 0.3) is 16.0 Å². The van der Waals surface area contributed by atoms with E-state index in [-0.39, 0.29) is 5.82 Å². The molecule has 0 unspecified atom stereocenters. The highest BCUT2D eigenvalue weighted by atomic mass is 32.1. The fourth-order valence-electron chi connectivity index (χ4n) is 4.16. The van der Waals surface area contributed by atoms with Crippen molar-refractivity contribution in [2.24, 2.45) is 0 Å². The number of nitrogens with zero attached hydrogens (tertiary/aromatic N) is 5. The van der Waals surface area contributed by atoms with Gasteiger partial charge in [0.05, 0.1) is 18.5 Å². The van der Waals surface area contributed by atoms with Crippen molar-refractivity contribution in [2.45, 2.75) is 6.42 Å². The van der Waals surface area contributed by atoms with E-state index in [0.717, 1.165) is 54.6 Å². The molecule has 4 aromatic rings. The molecule has 0 bridgehead atoms. The van der Waals surface area contributed by atoms with E-state index >= 15 is 0 Å². The summed E-state index contributed by atoms with van der Waals surface area (Å²) in [6.07, 6.45) is 2.52. The molecule has 3 heterocycles. The zero-order valence-electron chi connectivity index (χ0n) is 17.6. The first-order chi connectivity index (χ1) is 15.7. The molecule has 5 rings (SSSR count). The summed E-state index contributed by atoms with van der Waals surface area (Å²) in [5.74, 6) is 1.40. The number of aromatic nitrogens is 3. The Bertz CT molecular complexity index is 1320. The van der Waals surface area contributed by atoms with E-state index in [1.54, 1.807) is 36.2 Å². The SMILES string of the molecule is COc1ccccc1N1CCCN(c2ncnc3c2sc(=S)n3-c2ccccc2F)CC1. The summed E-state index contributed by atoms with van der Waals surface area (Å²) < 4.78 is 23.2. The van der Waals surface area contributed by atoms with E-state index in [9.17, 15) is 4.39 Å². The monoisotopic (exact) mass is 467 g/mol. The van der Waals surface area contributed by atoms with Crippen molar-refractivity contribution in [3.63, 3.8) is 0 Å². The van der Waals surface area contributed by atoms with Crippen LogP contribution in [-0.4, -0.2) is 47.8 Å². The van der Waals surface area contributed by atoms with Gasteiger partial charge in [-0.3, -0.25) is 4.57 Å². The Morgan fingerprint density at radius 2 is 1.66 bits per heavy atom. The summed E-state index contributed by atoms with van der Waals surface area (Å²) in [6.45, 7) is 3.43. The largest absolute Gasteiger partial charge is 0.495 e. The van der Waals surface area contributed by atoms with E-state index in [2.05, 4.69) is 25.8 Å². The minimum Gasteiger partial charge on any atom is -0.495 e. The van der Waals surface area contributed by atoms with E-state index < -0.39 is 0 Å². The van der Waals surface area contributed by atoms with Crippen molar-refractivity contribution in [1.82, 2.24) is 14.5 Å². The molecule has 0 radical (unpaired) electrons. The number of methoxy groups -OCH3 is 1. The van der Waals surface area contributed by atoms with Gasteiger partial charge in [-0.1, -0.05) is 35.6 Å². The summed E-state index contributed by atoms with van der Waals surface area (Å²) in [4.78, 5) is 13.7. The van der Waals surface area contributed by atoms with Gasteiger partial charge in [-0.05, 0) is 42.9 Å². The van der Waals surface area contributed by atoms with Crippen LogP contribution in [-0.2, 0) is 0 Å². The molecule has 0 N–H and O–H groups in total. The fraction of sp³-hybridized carbons (Fsp3) is 0.261. The van der Waals surface area contributed by atoms with E-state index in [1.807, 2.05) is 18.2 Å². The molecular formula is C23H22FN5OS2. The maximum absolute atomic E-state index is 14.5. The van der Waals surface area contributed by atoms with Gasteiger partial charge in [0.1, 0.15) is 22.6 Å². The van der Waals surface area contributed by atoms with E-state index in [0.29, 0.717) is 15.3 Å². The molecule has 164 valence electrons. The zero-order valence-corrected chi connectivity index (χ0v) is 19.2. The van der Waals surface area contributed by atoms with Gasteiger partial charge in [0.2, 0.25) is 0 Å². The molecule has 0 saturated carbocycles. The number of halogens is 1. The number of thiazole rings is 1. The highest BCUT2D eigenvalue weighted by Crippen LogP contribution is 2.34. The number of rotatable bonds is 4. The molecule has 1 saturated heterocycles. The smallest absolute Gasteiger partial charge is 0.168 e. The van der Waals surface area contributed by atoms with Gasteiger partial charge in [0.25, 0.3) is 0 Å². The molecular weight excluding hydrogens is 445 g/mol. The van der Waals surface area contributed by atoms with E-state index in [1.165, 1.54) is 17.4 Å². The highest BCUT2D eigenvalue weighted by Gasteiger charge is 2.22. The molecule has 0 amide bonds.